The molecule has 1 aromatic carbocycles. The van der Waals surface area contributed by atoms with Gasteiger partial charge in [0.25, 0.3) is 0 Å². The second kappa shape index (κ2) is 6.45. The topological polar surface area (TPSA) is 42.1 Å². The zero-order chi connectivity index (χ0) is 13.7. The van der Waals surface area contributed by atoms with Crippen LogP contribution in [0.25, 0.3) is 0 Å². The minimum absolute atomic E-state index is 0.548. The summed E-state index contributed by atoms with van der Waals surface area (Å²) >= 11 is 0. The summed E-state index contributed by atoms with van der Waals surface area (Å²) in [5, 5.41) is 0. The van der Waals surface area contributed by atoms with Crippen molar-refractivity contribution in [2.24, 2.45) is 5.73 Å². The highest BCUT2D eigenvalue weighted by Crippen LogP contribution is 2.08. The minimum Gasteiger partial charge on any atom is -0.326 e. The average molecular weight is 255 g/mol. The van der Waals surface area contributed by atoms with Crippen LogP contribution >= 0.6 is 0 Å². The molecule has 0 fully saturated rings. The third-order valence-corrected chi connectivity index (χ3v) is 3.13. The molecule has 100 valence electrons. The molecule has 0 aliphatic rings. The number of hydrogen-bond acceptors (Lipinski definition) is 3. The first-order chi connectivity index (χ1) is 9.17. The maximum Gasteiger partial charge on any atom is 0.0544 e. The Balaban J connectivity index is 1.92. The third-order valence-electron chi connectivity index (χ3n) is 3.13. The van der Waals surface area contributed by atoms with Crippen LogP contribution in [0.3, 0.4) is 0 Å². The fraction of sp³-hybridized carbons (Fsp3) is 0.312. The van der Waals surface area contributed by atoms with Crippen molar-refractivity contribution in [2.45, 2.75) is 26.6 Å². The summed E-state index contributed by atoms with van der Waals surface area (Å²) in [6.07, 6.45) is 1.86. The predicted molar refractivity (Wildman–Crippen MR) is 78.5 cm³/mol. The molecule has 0 unspecified atom stereocenters. The Morgan fingerprint density at radius 2 is 1.68 bits per heavy atom. The molecule has 0 bridgehead atoms. The van der Waals surface area contributed by atoms with Crippen molar-refractivity contribution in [1.29, 1.82) is 0 Å². The molecule has 0 spiro atoms. The molecule has 0 saturated heterocycles. The summed E-state index contributed by atoms with van der Waals surface area (Å²) in [7, 11) is 2.11. The normalized spacial score (nSPS) is 10.9. The van der Waals surface area contributed by atoms with Crippen molar-refractivity contribution in [3.63, 3.8) is 0 Å². The van der Waals surface area contributed by atoms with Gasteiger partial charge in [-0.05, 0) is 31.2 Å². The SMILES string of the molecule is Cc1ccc(CN(C)Cc2ccc(CN)cn2)cc1. The van der Waals surface area contributed by atoms with Gasteiger partial charge >= 0.3 is 0 Å². The Morgan fingerprint density at radius 3 is 2.26 bits per heavy atom. The second-order valence-electron chi connectivity index (χ2n) is 5.02. The molecule has 3 heteroatoms. The van der Waals surface area contributed by atoms with E-state index in [1.807, 2.05) is 18.3 Å². The zero-order valence-corrected chi connectivity index (χ0v) is 11.6. The van der Waals surface area contributed by atoms with E-state index in [1.54, 1.807) is 0 Å². The number of aryl methyl sites for hydroxylation is 1. The molecule has 1 aromatic heterocycles. The zero-order valence-electron chi connectivity index (χ0n) is 11.6. The van der Waals surface area contributed by atoms with Gasteiger partial charge in [0.15, 0.2) is 0 Å². The van der Waals surface area contributed by atoms with Gasteiger partial charge in [0.05, 0.1) is 5.69 Å². The van der Waals surface area contributed by atoms with Crippen molar-refractivity contribution < 1.29 is 0 Å². The van der Waals surface area contributed by atoms with Crippen molar-refractivity contribution in [3.8, 4) is 0 Å². The van der Waals surface area contributed by atoms with Crippen LogP contribution in [0.15, 0.2) is 42.6 Å². The van der Waals surface area contributed by atoms with E-state index in [1.165, 1.54) is 11.1 Å². The number of nitrogens with zero attached hydrogens (tertiary/aromatic N) is 2. The summed E-state index contributed by atoms with van der Waals surface area (Å²) in [5.41, 5.74) is 10.3. The van der Waals surface area contributed by atoms with Crippen molar-refractivity contribution in [3.05, 3.63) is 65.0 Å². The van der Waals surface area contributed by atoms with Crippen molar-refractivity contribution >= 4 is 0 Å². The van der Waals surface area contributed by atoms with E-state index in [-0.39, 0.29) is 0 Å². The molecule has 19 heavy (non-hydrogen) atoms. The van der Waals surface area contributed by atoms with Gasteiger partial charge in [0.2, 0.25) is 0 Å². The largest absolute Gasteiger partial charge is 0.326 e. The van der Waals surface area contributed by atoms with Crippen LogP contribution in [-0.4, -0.2) is 16.9 Å². The van der Waals surface area contributed by atoms with Crippen LogP contribution in [-0.2, 0) is 19.6 Å². The van der Waals surface area contributed by atoms with E-state index in [2.05, 4.69) is 48.1 Å². The molecule has 2 aromatic rings. The Bertz CT molecular complexity index is 503. The van der Waals surface area contributed by atoms with Crippen LogP contribution in [0.1, 0.15) is 22.4 Å². The average Bonchev–Trinajstić information content (AvgIpc) is 2.42. The molecule has 0 saturated carbocycles. The van der Waals surface area contributed by atoms with Crippen LogP contribution in [0.2, 0.25) is 0 Å². The molecule has 2 N–H and O–H groups in total. The summed E-state index contributed by atoms with van der Waals surface area (Å²) in [6, 6.07) is 12.7. The van der Waals surface area contributed by atoms with Gasteiger partial charge < -0.3 is 5.73 Å². The molecule has 0 amide bonds. The lowest BCUT2D eigenvalue weighted by molar-refractivity contribution is 0.315. The fourth-order valence-electron chi connectivity index (χ4n) is 2.01. The van der Waals surface area contributed by atoms with Gasteiger partial charge in [-0.15, -0.1) is 0 Å². The number of benzene rings is 1. The van der Waals surface area contributed by atoms with Crippen LogP contribution in [0.5, 0.6) is 0 Å². The molecular weight excluding hydrogens is 234 g/mol. The quantitative estimate of drug-likeness (QED) is 0.892. The number of aromatic nitrogens is 1. The number of nitrogens with two attached hydrogens (primary N) is 1. The Kier molecular flexibility index (Phi) is 4.66. The number of hydrogen-bond donors (Lipinski definition) is 1. The molecule has 2 rings (SSSR count). The lowest BCUT2D eigenvalue weighted by Crippen LogP contribution is -2.18. The van der Waals surface area contributed by atoms with Gasteiger partial charge in [0.1, 0.15) is 0 Å². The highest BCUT2D eigenvalue weighted by atomic mass is 15.1. The Labute approximate surface area is 115 Å². The van der Waals surface area contributed by atoms with Gasteiger partial charge in [-0.25, -0.2) is 0 Å². The molecule has 0 radical (unpaired) electrons. The maximum atomic E-state index is 5.57. The van der Waals surface area contributed by atoms with E-state index < -0.39 is 0 Å². The van der Waals surface area contributed by atoms with Crippen molar-refractivity contribution in [1.82, 2.24) is 9.88 Å². The van der Waals surface area contributed by atoms with E-state index in [0.717, 1.165) is 24.3 Å². The van der Waals surface area contributed by atoms with Gasteiger partial charge in [0, 0.05) is 25.8 Å². The van der Waals surface area contributed by atoms with Gasteiger partial charge in [-0.1, -0.05) is 35.9 Å². The van der Waals surface area contributed by atoms with Gasteiger partial charge in [-0.3, -0.25) is 9.88 Å². The lowest BCUT2D eigenvalue weighted by atomic mass is 10.1. The molecular formula is C16H21N3. The van der Waals surface area contributed by atoms with Crippen LogP contribution < -0.4 is 5.73 Å². The van der Waals surface area contributed by atoms with E-state index in [9.17, 15) is 0 Å². The molecule has 0 atom stereocenters. The maximum absolute atomic E-state index is 5.57. The standard InChI is InChI=1S/C16H21N3/c1-13-3-5-14(6-4-13)11-19(2)12-16-8-7-15(9-17)10-18-16/h3-8,10H,9,11-12,17H2,1-2H3. The van der Waals surface area contributed by atoms with Crippen molar-refractivity contribution in [2.75, 3.05) is 7.05 Å². The highest BCUT2D eigenvalue weighted by molar-refractivity contribution is 5.21. The summed E-state index contributed by atoms with van der Waals surface area (Å²) in [4.78, 5) is 6.68. The number of rotatable bonds is 5. The smallest absolute Gasteiger partial charge is 0.0544 e. The minimum atomic E-state index is 0.548. The Morgan fingerprint density at radius 1 is 1.00 bits per heavy atom. The fourth-order valence-corrected chi connectivity index (χ4v) is 2.01. The first-order valence-corrected chi connectivity index (χ1v) is 6.55. The van der Waals surface area contributed by atoms with E-state index in [0.29, 0.717) is 6.54 Å². The summed E-state index contributed by atoms with van der Waals surface area (Å²) in [5.74, 6) is 0. The predicted octanol–water partition coefficient (Wildman–Crippen LogP) is 2.48. The highest BCUT2D eigenvalue weighted by Gasteiger charge is 2.03. The lowest BCUT2D eigenvalue weighted by Gasteiger charge is -2.16. The number of pyridine rings is 1. The Hall–Kier alpha value is -1.71. The van der Waals surface area contributed by atoms with Gasteiger partial charge in [-0.2, -0.15) is 0 Å². The summed E-state index contributed by atoms with van der Waals surface area (Å²) < 4.78 is 0. The molecule has 0 aliphatic carbocycles. The third kappa shape index (κ3) is 4.16. The molecule has 3 nitrogen and oxygen atoms in total. The molecule has 0 aliphatic heterocycles. The van der Waals surface area contributed by atoms with E-state index in [4.69, 9.17) is 5.73 Å². The second-order valence-corrected chi connectivity index (χ2v) is 5.02. The first-order valence-electron chi connectivity index (χ1n) is 6.55. The van der Waals surface area contributed by atoms with E-state index >= 15 is 0 Å². The van der Waals surface area contributed by atoms with Crippen LogP contribution in [0.4, 0.5) is 0 Å². The monoisotopic (exact) mass is 255 g/mol. The molecule has 1 heterocycles. The van der Waals surface area contributed by atoms with Crippen LogP contribution in [0, 0.1) is 6.92 Å². The first kappa shape index (κ1) is 13.7. The summed E-state index contributed by atoms with van der Waals surface area (Å²) in [6.45, 7) is 4.43.